The van der Waals surface area contributed by atoms with Gasteiger partial charge in [-0.15, -0.1) is 0 Å². The fourth-order valence-corrected chi connectivity index (χ4v) is 2.06. The number of rotatable bonds is 2. The first-order valence-electron chi connectivity index (χ1n) is 4.41. The molecule has 0 aliphatic carbocycles. The Balaban J connectivity index is 2.92. The predicted octanol–water partition coefficient (Wildman–Crippen LogP) is 0.302. The van der Waals surface area contributed by atoms with Crippen molar-refractivity contribution in [2.24, 2.45) is 11.1 Å². The van der Waals surface area contributed by atoms with E-state index in [-0.39, 0.29) is 11.0 Å². The summed E-state index contributed by atoms with van der Waals surface area (Å²) in [6.07, 6.45) is 0. The summed E-state index contributed by atoms with van der Waals surface area (Å²) in [4.78, 5) is 2.19. The van der Waals surface area contributed by atoms with Gasteiger partial charge in [-0.1, -0.05) is 13.8 Å². The molecule has 1 fully saturated rings. The third-order valence-electron chi connectivity index (χ3n) is 3.26. The normalized spacial score (nSPS) is 34.5. The maximum Gasteiger partial charge on any atom is 0.0669 e. The zero-order valence-electron chi connectivity index (χ0n) is 8.55. The molecule has 0 aromatic heterocycles. The van der Waals surface area contributed by atoms with Gasteiger partial charge in [-0.2, -0.15) is 0 Å². The summed E-state index contributed by atoms with van der Waals surface area (Å²) in [6, 6.07) is 0. The number of hydrogen-bond donors (Lipinski definition) is 1. The third kappa shape index (κ3) is 1.16. The van der Waals surface area contributed by atoms with E-state index in [0.717, 1.165) is 13.2 Å². The van der Waals surface area contributed by atoms with Crippen molar-refractivity contribution in [3.05, 3.63) is 0 Å². The molecule has 0 amide bonds. The molecule has 3 nitrogen and oxygen atoms in total. The average Bonchev–Trinajstić information content (AvgIpc) is 2.25. The maximum absolute atomic E-state index is 5.82. The zero-order valence-corrected chi connectivity index (χ0v) is 8.55. The molecule has 3 heteroatoms. The van der Waals surface area contributed by atoms with Gasteiger partial charge in [0.15, 0.2) is 0 Å². The quantitative estimate of drug-likeness (QED) is 0.651. The molecule has 72 valence electrons. The number of likely N-dealkylation sites (N-methyl/N-ethyl adjacent to an activating group) is 1. The number of nitrogens with two attached hydrogens (primary N) is 1. The first-order valence-corrected chi connectivity index (χ1v) is 4.41. The second-order valence-electron chi connectivity index (χ2n) is 4.51. The summed E-state index contributed by atoms with van der Waals surface area (Å²) >= 11 is 0. The number of nitrogens with zero attached hydrogens (tertiary/aromatic N) is 1. The Bertz CT molecular complexity index is 168. The lowest BCUT2D eigenvalue weighted by Gasteiger charge is -2.44. The minimum Gasteiger partial charge on any atom is -0.379 e. The SMILES string of the molecule is CN(C)C1(CN)COCC1(C)C. The van der Waals surface area contributed by atoms with Gasteiger partial charge in [0.05, 0.1) is 18.8 Å². The van der Waals surface area contributed by atoms with E-state index in [9.17, 15) is 0 Å². The molecule has 0 aromatic rings. The Morgan fingerprint density at radius 1 is 1.33 bits per heavy atom. The molecule has 12 heavy (non-hydrogen) atoms. The van der Waals surface area contributed by atoms with Crippen molar-refractivity contribution in [3.8, 4) is 0 Å². The molecule has 0 spiro atoms. The highest BCUT2D eigenvalue weighted by Gasteiger charge is 2.50. The molecular formula is C9H20N2O. The van der Waals surface area contributed by atoms with Crippen molar-refractivity contribution in [2.45, 2.75) is 19.4 Å². The summed E-state index contributed by atoms with van der Waals surface area (Å²) < 4.78 is 5.51. The van der Waals surface area contributed by atoms with Crippen LogP contribution >= 0.6 is 0 Å². The predicted molar refractivity (Wildman–Crippen MR) is 50.1 cm³/mol. The van der Waals surface area contributed by atoms with Crippen molar-refractivity contribution < 1.29 is 4.74 Å². The van der Waals surface area contributed by atoms with Crippen LogP contribution < -0.4 is 5.73 Å². The molecule has 1 rings (SSSR count). The van der Waals surface area contributed by atoms with Crippen molar-refractivity contribution in [1.29, 1.82) is 0 Å². The van der Waals surface area contributed by atoms with Crippen molar-refractivity contribution in [2.75, 3.05) is 33.9 Å². The summed E-state index contributed by atoms with van der Waals surface area (Å²) in [5.74, 6) is 0. The van der Waals surface area contributed by atoms with Crippen LogP contribution in [0.4, 0.5) is 0 Å². The molecular weight excluding hydrogens is 152 g/mol. The first kappa shape index (κ1) is 9.96. The van der Waals surface area contributed by atoms with E-state index in [2.05, 4.69) is 32.8 Å². The van der Waals surface area contributed by atoms with Crippen LogP contribution in [-0.2, 0) is 4.74 Å². The lowest BCUT2D eigenvalue weighted by molar-refractivity contribution is 0.0678. The van der Waals surface area contributed by atoms with Crippen molar-refractivity contribution in [1.82, 2.24) is 4.90 Å². The minimum absolute atomic E-state index is 0.0208. The van der Waals surface area contributed by atoms with Gasteiger partial charge in [-0.25, -0.2) is 0 Å². The van der Waals surface area contributed by atoms with Crippen LogP contribution in [0, 0.1) is 5.41 Å². The van der Waals surface area contributed by atoms with Crippen LogP contribution in [0.15, 0.2) is 0 Å². The van der Waals surface area contributed by atoms with Crippen LogP contribution in [0.2, 0.25) is 0 Å². The van der Waals surface area contributed by atoms with Gasteiger partial charge in [0.1, 0.15) is 0 Å². The zero-order chi connectivity index (χ0) is 9.41. The van der Waals surface area contributed by atoms with Crippen LogP contribution in [-0.4, -0.2) is 44.3 Å². The first-order chi connectivity index (χ1) is 5.46. The smallest absolute Gasteiger partial charge is 0.0669 e. The second kappa shape index (κ2) is 2.98. The van der Waals surface area contributed by atoms with Gasteiger partial charge in [-0.3, -0.25) is 4.90 Å². The molecule has 0 bridgehead atoms. The summed E-state index contributed by atoms with van der Waals surface area (Å²) in [5, 5.41) is 0. The van der Waals surface area contributed by atoms with E-state index < -0.39 is 0 Å². The Hall–Kier alpha value is -0.120. The van der Waals surface area contributed by atoms with Crippen LogP contribution in [0.1, 0.15) is 13.8 Å². The van der Waals surface area contributed by atoms with E-state index in [1.54, 1.807) is 0 Å². The lowest BCUT2D eigenvalue weighted by Crippen LogP contribution is -2.59. The molecule has 1 atom stereocenters. The number of hydrogen-bond acceptors (Lipinski definition) is 3. The molecule has 0 radical (unpaired) electrons. The standard InChI is InChI=1S/C9H20N2O/c1-8(2)6-12-7-9(8,5-10)11(3)4/h5-7,10H2,1-4H3. The van der Waals surface area contributed by atoms with Crippen molar-refractivity contribution in [3.63, 3.8) is 0 Å². The molecule has 1 heterocycles. The fourth-order valence-electron chi connectivity index (χ4n) is 2.06. The molecule has 1 aliphatic rings. The Labute approximate surface area is 74.9 Å². The number of ether oxygens (including phenoxy) is 1. The van der Waals surface area contributed by atoms with Crippen LogP contribution in [0.5, 0.6) is 0 Å². The average molecular weight is 172 g/mol. The van der Waals surface area contributed by atoms with Gasteiger partial charge in [0.2, 0.25) is 0 Å². The van der Waals surface area contributed by atoms with E-state index in [1.807, 2.05) is 0 Å². The Morgan fingerprint density at radius 2 is 1.92 bits per heavy atom. The largest absolute Gasteiger partial charge is 0.379 e. The van der Waals surface area contributed by atoms with E-state index >= 15 is 0 Å². The summed E-state index contributed by atoms with van der Waals surface area (Å²) in [5.41, 5.74) is 6.00. The minimum atomic E-state index is 0.0208. The highest BCUT2D eigenvalue weighted by atomic mass is 16.5. The van der Waals surface area contributed by atoms with E-state index in [4.69, 9.17) is 10.5 Å². The molecule has 2 N–H and O–H groups in total. The summed E-state index contributed by atoms with van der Waals surface area (Å²) in [6.45, 7) is 6.65. The Morgan fingerprint density at radius 3 is 2.08 bits per heavy atom. The second-order valence-corrected chi connectivity index (χ2v) is 4.51. The monoisotopic (exact) mass is 172 g/mol. The topological polar surface area (TPSA) is 38.5 Å². The maximum atomic E-state index is 5.82. The van der Waals surface area contributed by atoms with Gasteiger partial charge in [-0.05, 0) is 14.1 Å². The van der Waals surface area contributed by atoms with Gasteiger partial charge in [0.25, 0.3) is 0 Å². The molecule has 0 aromatic carbocycles. The molecule has 1 unspecified atom stereocenters. The molecule has 0 saturated carbocycles. The van der Waals surface area contributed by atoms with Gasteiger partial charge < -0.3 is 10.5 Å². The van der Waals surface area contributed by atoms with Gasteiger partial charge >= 0.3 is 0 Å². The van der Waals surface area contributed by atoms with E-state index in [0.29, 0.717) is 6.54 Å². The van der Waals surface area contributed by atoms with E-state index in [1.165, 1.54) is 0 Å². The Kier molecular flexibility index (Phi) is 2.47. The highest BCUT2D eigenvalue weighted by Crippen LogP contribution is 2.39. The fraction of sp³-hybridized carbons (Fsp3) is 1.00. The van der Waals surface area contributed by atoms with Crippen LogP contribution in [0.3, 0.4) is 0 Å². The third-order valence-corrected chi connectivity index (χ3v) is 3.26. The molecule has 1 saturated heterocycles. The highest BCUT2D eigenvalue weighted by molar-refractivity contribution is 5.04. The molecule has 1 aliphatic heterocycles. The van der Waals surface area contributed by atoms with Crippen molar-refractivity contribution >= 4 is 0 Å². The van der Waals surface area contributed by atoms with Crippen LogP contribution in [0.25, 0.3) is 0 Å². The lowest BCUT2D eigenvalue weighted by atomic mass is 9.74. The van der Waals surface area contributed by atoms with Gasteiger partial charge in [0, 0.05) is 12.0 Å². The summed E-state index contributed by atoms with van der Waals surface area (Å²) in [7, 11) is 4.15.